The van der Waals surface area contributed by atoms with Gasteiger partial charge in [-0.2, -0.15) is 4.98 Å². The predicted molar refractivity (Wildman–Crippen MR) is 158 cm³/mol. The molecule has 4 aromatic rings. The van der Waals surface area contributed by atoms with Crippen LogP contribution in [0.15, 0.2) is 41.0 Å². The number of fused-ring (bicyclic) bond motifs is 2. The van der Waals surface area contributed by atoms with Crippen LogP contribution in [0.3, 0.4) is 0 Å². The van der Waals surface area contributed by atoms with Crippen molar-refractivity contribution in [2.75, 3.05) is 12.5 Å². The first-order valence-electron chi connectivity index (χ1n) is 11.5. The summed E-state index contributed by atoms with van der Waals surface area (Å²) in [6.45, 7) is 11.3. The Bertz CT molecular complexity index is 1780. The fourth-order valence-corrected chi connectivity index (χ4v) is 5.60. The van der Waals surface area contributed by atoms with Gasteiger partial charge in [0, 0.05) is 29.1 Å². The van der Waals surface area contributed by atoms with Crippen LogP contribution in [0, 0.1) is 13.8 Å². The van der Waals surface area contributed by atoms with E-state index in [-0.39, 0.29) is 28.4 Å². The van der Waals surface area contributed by atoms with Gasteiger partial charge in [-0.05, 0) is 91.8 Å². The van der Waals surface area contributed by atoms with Gasteiger partial charge in [0.2, 0.25) is 15.0 Å². The Hall–Kier alpha value is -2.16. The smallest absolute Gasteiger partial charge is 0.266 e. The van der Waals surface area contributed by atoms with Gasteiger partial charge in [-0.3, -0.25) is 18.7 Å². The second kappa shape index (κ2) is 11.5. The molecule has 10 nitrogen and oxygen atoms in total. The normalized spacial score (nSPS) is 11.9. The molecule has 204 valence electrons. The van der Waals surface area contributed by atoms with E-state index in [2.05, 4.69) is 51.8 Å². The predicted octanol–water partition coefficient (Wildman–Crippen LogP) is 5.01. The molecule has 0 aliphatic heterocycles. The van der Waals surface area contributed by atoms with Gasteiger partial charge in [-0.25, -0.2) is 23.4 Å². The number of thioether (sulfide) groups is 1. The molecule has 4 aromatic heterocycles. The number of hydrogen-bond donors (Lipinski definition) is 0. The fraction of sp³-hybridized carbons (Fsp3) is 0.417. The molecular weight excluding hydrogens is 660 g/mol. The number of aryl methyl sites for hydroxylation is 2. The first-order chi connectivity index (χ1) is 17.6. The number of halogens is 2. The average Bonchev–Trinajstić information content (AvgIpc) is 2.80. The van der Waals surface area contributed by atoms with Gasteiger partial charge in [0.1, 0.15) is 11.3 Å². The van der Waals surface area contributed by atoms with Crippen molar-refractivity contribution in [3.8, 4) is 0 Å². The summed E-state index contributed by atoms with van der Waals surface area (Å²) in [5.41, 5.74) is 2.15. The van der Waals surface area contributed by atoms with Crippen LogP contribution < -0.4 is 11.1 Å². The van der Waals surface area contributed by atoms with Crippen molar-refractivity contribution in [1.29, 1.82) is 0 Å². The Morgan fingerprint density at radius 3 is 1.61 bits per heavy atom. The molecule has 0 atom stereocenters. The minimum atomic E-state index is -3.53. The summed E-state index contributed by atoms with van der Waals surface area (Å²) >= 11 is 8.01. The summed E-state index contributed by atoms with van der Waals surface area (Å²) in [7, 11) is -3.53. The van der Waals surface area contributed by atoms with Gasteiger partial charge in [0.25, 0.3) is 11.1 Å². The van der Waals surface area contributed by atoms with E-state index in [0.29, 0.717) is 36.5 Å². The zero-order valence-corrected chi connectivity index (χ0v) is 27.0. The van der Waals surface area contributed by atoms with E-state index < -0.39 is 9.84 Å². The van der Waals surface area contributed by atoms with E-state index in [4.69, 9.17) is 0 Å². The third-order valence-corrected chi connectivity index (χ3v) is 8.11. The summed E-state index contributed by atoms with van der Waals surface area (Å²) in [5.74, 6) is 0. The Balaban J connectivity index is 0.000000212. The lowest BCUT2D eigenvalue weighted by atomic mass is 10.2. The van der Waals surface area contributed by atoms with E-state index in [1.807, 2.05) is 40.9 Å². The van der Waals surface area contributed by atoms with Gasteiger partial charge in [0.05, 0.1) is 20.3 Å². The third-order valence-electron chi connectivity index (χ3n) is 5.58. The summed E-state index contributed by atoms with van der Waals surface area (Å²) in [4.78, 5) is 41.3. The van der Waals surface area contributed by atoms with Gasteiger partial charge in [0.15, 0.2) is 5.16 Å². The van der Waals surface area contributed by atoms with Crippen LogP contribution in [0.4, 0.5) is 0 Å². The molecule has 4 heterocycles. The fourth-order valence-electron chi connectivity index (χ4n) is 3.80. The van der Waals surface area contributed by atoms with Crippen molar-refractivity contribution in [3.05, 3.63) is 53.2 Å². The molecule has 0 amide bonds. The Labute approximate surface area is 241 Å². The van der Waals surface area contributed by atoms with E-state index >= 15 is 0 Å². The maximum atomic E-state index is 12.2. The molecule has 14 heteroatoms. The first-order valence-corrected chi connectivity index (χ1v) is 16.2. The summed E-state index contributed by atoms with van der Waals surface area (Å²) in [6, 6.07) is 3.33. The van der Waals surface area contributed by atoms with E-state index in [0.717, 1.165) is 17.3 Å². The van der Waals surface area contributed by atoms with Crippen LogP contribution in [0.2, 0.25) is 0 Å². The quantitative estimate of drug-likeness (QED) is 0.215. The maximum Gasteiger partial charge on any atom is 0.266 e. The zero-order valence-electron chi connectivity index (χ0n) is 22.2. The minimum absolute atomic E-state index is 0.0531. The molecular formula is C24H28Br2N6O4S2. The highest BCUT2D eigenvalue weighted by Crippen LogP contribution is 2.23. The topological polar surface area (TPSA) is 130 Å². The van der Waals surface area contributed by atoms with Crippen molar-refractivity contribution in [1.82, 2.24) is 29.1 Å². The number of sulfone groups is 1. The lowest BCUT2D eigenvalue weighted by Gasteiger charge is -2.15. The highest BCUT2D eigenvalue weighted by molar-refractivity contribution is 9.10. The van der Waals surface area contributed by atoms with E-state index in [1.165, 1.54) is 16.3 Å². The van der Waals surface area contributed by atoms with Crippen LogP contribution in [0.5, 0.6) is 0 Å². The highest BCUT2D eigenvalue weighted by Gasteiger charge is 2.19. The maximum absolute atomic E-state index is 12.2. The number of nitrogens with zero attached hydrogens (tertiary/aromatic N) is 6. The Morgan fingerprint density at radius 2 is 1.21 bits per heavy atom. The molecule has 0 N–H and O–H groups in total. The molecule has 0 aromatic carbocycles. The third kappa shape index (κ3) is 6.02. The lowest BCUT2D eigenvalue weighted by molar-refractivity contribution is 0.580. The van der Waals surface area contributed by atoms with Crippen LogP contribution in [-0.4, -0.2) is 50.0 Å². The number of pyridine rings is 2. The second-order valence-corrected chi connectivity index (χ2v) is 13.5. The molecule has 0 aliphatic carbocycles. The average molecular weight is 688 g/mol. The summed E-state index contributed by atoms with van der Waals surface area (Å²) < 4.78 is 27.4. The Kier molecular flexibility index (Phi) is 9.21. The number of hydrogen-bond acceptors (Lipinski definition) is 9. The Morgan fingerprint density at radius 1 is 0.789 bits per heavy atom. The van der Waals surface area contributed by atoms with Crippen molar-refractivity contribution in [3.63, 3.8) is 0 Å². The minimum Gasteiger partial charge on any atom is -0.289 e. The molecule has 0 fully saturated rings. The zero-order chi connectivity index (χ0) is 28.7. The molecule has 0 saturated heterocycles. The molecule has 38 heavy (non-hydrogen) atoms. The van der Waals surface area contributed by atoms with Gasteiger partial charge >= 0.3 is 0 Å². The molecule has 0 unspecified atom stereocenters. The number of rotatable bonds is 4. The monoisotopic (exact) mass is 686 g/mol. The summed E-state index contributed by atoms with van der Waals surface area (Å²) in [5, 5.41) is 1.99. The number of aromatic nitrogens is 6. The van der Waals surface area contributed by atoms with Crippen molar-refractivity contribution < 1.29 is 8.42 Å². The highest BCUT2D eigenvalue weighted by atomic mass is 79.9. The van der Waals surface area contributed by atoms with Crippen molar-refractivity contribution in [2.45, 2.75) is 63.9 Å². The molecule has 0 saturated carbocycles. The van der Waals surface area contributed by atoms with Crippen LogP contribution in [0.25, 0.3) is 22.1 Å². The largest absolute Gasteiger partial charge is 0.289 e. The standard InChI is InChI=1S/C12H14BrN3O3S.C12H14BrN3OS/c1-6(2)16-10-8(5-9(13)11(16)17)7(3)14-12(15-10)20(4,18)19;1-6(2)16-10-8(5-9(13)11(16)17)7(3)14-12(15-10)18-4/h5-6H,1-4H3;5-6H,1-4H3. The SMILES string of the molecule is CSc1nc(C)c2cc(Br)c(=O)n(C(C)C)c2n1.Cc1nc(S(C)(=O)=O)nc2c1cc(Br)c(=O)n2C(C)C. The molecule has 0 bridgehead atoms. The molecule has 0 radical (unpaired) electrons. The van der Waals surface area contributed by atoms with Gasteiger partial charge in [-0.1, -0.05) is 11.8 Å². The summed E-state index contributed by atoms with van der Waals surface area (Å²) in [6.07, 6.45) is 2.97. The molecule has 0 aliphatic rings. The van der Waals surface area contributed by atoms with Crippen molar-refractivity contribution in [2.24, 2.45) is 0 Å². The lowest BCUT2D eigenvalue weighted by Crippen LogP contribution is -2.24. The van der Waals surface area contributed by atoms with Crippen LogP contribution >= 0.6 is 43.6 Å². The second-order valence-electron chi connectivity index (χ2n) is 9.16. The van der Waals surface area contributed by atoms with Crippen LogP contribution in [-0.2, 0) is 9.84 Å². The molecule has 0 spiro atoms. The first kappa shape index (κ1) is 30.4. The van der Waals surface area contributed by atoms with Gasteiger partial charge in [-0.15, -0.1) is 0 Å². The van der Waals surface area contributed by atoms with Crippen LogP contribution in [0.1, 0.15) is 51.2 Å². The van der Waals surface area contributed by atoms with E-state index in [1.54, 1.807) is 23.6 Å². The van der Waals surface area contributed by atoms with Crippen molar-refractivity contribution >= 4 is 75.5 Å². The van der Waals surface area contributed by atoms with Gasteiger partial charge < -0.3 is 0 Å². The molecule has 4 rings (SSSR count). The van der Waals surface area contributed by atoms with E-state index in [9.17, 15) is 18.0 Å².